The molecule has 78 valence electrons. The molecule has 0 fully saturated rings. The molecule has 0 spiro atoms. The highest BCUT2D eigenvalue weighted by Gasteiger charge is 2.38. The van der Waals surface area contributed by atoms with Gasteiger partial charge in [-0.2, -0.15) is 13.2 Å². The van der Waals surface area contributed by atoms with Crippen LogP contribution in [-0.4, -0.2) is 24.5 Å². The Labute approximate surface area is 79.2 Å². The maximum atomic E-state index is 11.5. The number of ether oxygens (including phenoxy) is 1. The van der Waals surface area contributed by atoms with Crippen LogP contribution in [0.2, 0.25) is 0 Å². The molecular weight excluding hydrogens is 211 g/mol. The average molecular weight is 220 g/mol. The van der Waals surface area contributed by atoms with Crippen LogP contribution in [0.1, 0.15) is 13.3 Å². The Morgan fingerprint density at radius 2 is 1.92 bits per heavy atom. The smallest absolute Gasteiger partial charge is 0.450 e. The van der Waals surface area contributed by atoms with E-state index in [9.17, 15) is 18.0 Å². The van der Waals surface area contributed by atoms with Crippen molar-refractivity contribution in [2.45, 2.75) is 19.5 Å². The van der Waals surface area contributed by atoms with Crippen molar-refractivity contribution in [3.05, 3.63) is 0 Å². The second kappa shape index (κ2) is 5.80. The van der Waals surface area contributed by atoms with Crippen molar-refractivity contribution in [1.29, 1.82) is 5.41 Å². The van der Waals surface area contributed by atoms with Gasteiger partial charge in [-0.15, -0.1) is 12.4 Å². The third-order valence-corrected chi connectivity index (χ3v) is 0.956. The molecule has 0 heterocycles. The quantitative estimate of drug-likeness (QED) is 0.583. The summed E-state index contributed by atoms with van der Waals surface area (Å²) in [6, 6.07) is 0. The van der Waals surface area contributed by atoms with Crippen molar-refractivity contribution >= 4 is 24.1 Å². The highest BCUT2D eigenvalue weighted by Crippen LogP contribution is 2.17. The fraction of sp³-hybridized carbons (Fsp3) is 0.667. The zero-order valence-electron chi connectivity index (χ0n) is 6.77. The summed E-state index contributed by atoms with van der Waals surface area (Å²) in [4.78, 5) is 10.2. The molecule has 0 saturated heterocycles. The second-order valence-corrected chi connectivity index (χ2v) is 1.95. The molecule has 0 aliphatic heterocycles. The SMILES string of the molecule is CCOC(=N)CC(=O)C(F)(F)F.Cl. The zero-order valence-corrected chi connectivity index (χ0v) is 7.59. The molecule has 1 N–H and O–H groups in total. The molecule has 0 unspecified atom stereocenters. The number of carbonyl (C=O) groups is 1. The van der Waals surface area contributed by atoms with E-state index in [0.717, 1.165) is 0 Å². The van der Waals surface area contributed by atoms with Crippen molar-refractivity contribution in [2.75, 3.05) is 6.61 Å². The van der Waals surface area contributed by atoms with Crippen molar-refractivity contribution < 1.29 is 22.7 Å². The highest BCUT2D eigenvalue weighted by atomic mass is 35.5. The second-order valence-electron chi connectivity index (χ2n) is 1.95. The monoisotopic (exact) mass is 219 g/mol. The van der Waals surface area contributed by atoms with Crippen molar-refractivity contribution in [3.63, 3.8) is 0 Å². The van der Waals surface area contributed by atoms with Gasteiger partial charge >= 0.3 is 6.18 Å². The minimum absolute atomic E-state index is 0. The van der Waals surface area contributed by atoms with Crippen molar-refractivity contribution in [3.8, 4) is 0 Å². The summed E-state index contributed by atoms with van der Waals surface area (Å²) in [5.41, 5.74) is 0. The lowest BCUT2D eigenvalue weighted by atomic mass is 10.3. The molecule has 0 bridgehead atoms. The summed E-state index contributed by atoms with van der Waals surface area (Å²) in [6.07, 6.45) is -5.89. The molecule has 0 aliphatic carbocycles. The molecule has 3 nitrogen and oxygen atoms in total. The first-order valence-electron chi connectivity index (χ1n) is 3.18. The Hall–Kier alpha value is -0.780. The third-order valence-electron chi connectivity index (χ3n) is 0.956. The molecule has 0 rings (SSSR count). The van der Waals surface area contributed by atoms with Crippen molar-refractivity contribution in [1.82, 2.24) is 0 Å². The van der Waals surface area contributed by atoms with Crippen LogP contribution in [0, 0.1) is 5.41 Å². The minimum Gasteiger partial charge on any atom is -0.481 e. The van der Waals surface area contributed by atoms with Crippen LogP contribution in [0.25, 0.3) is 0 Å². The molecule has 0 atom stereocenters. The van der Waals surface area contributed by atoms with Crippen LogP contribution in [-0.2, 0) is 9.53 Å². The van der Waals surface area contributed by atoms with Gasteiger partial charge in [0.15, 0.2) is 5.90 Å². The van der Waals surface area contributed by atoms with Gasteiger partial charge in [0, 0.05) is 0 Å². The molecule has 0 aromatic carbocycles. The predicted octanol–water partition coefficient (Wildman–Crippen LogP) is 1.94. The van der Waals surface area contributed by atoms with Gasteiger partial charge in [-0.05, 0) is 6.92 Å². The number of nitrogens with one attached hydrogen (secondary N) is 1. The van der Waals surface area contributed by atoms with Crippen molar-refractivity contribution in [2.24, 2.45) is 0 Å². The Morgan fingerprint density at radius 3 is 2.23 bits per heavy atom. The van der Waals surface area contributed by atoms with E-state index < -0.39 is 24.3 Å². The van der Waals surface area contributed by atoms with E-state index >= 15 is 0 Å². The topological polar surface area (TPSA) is 50.1 Å². The lowest BCUT2D eigenvalue weighted by molar-refractivity contribution is -0.169. The molecule has 0 saturated carbocycles. The number of hydrogen-bond donors (Lipinski definition) is 1. The lowest BCUT2D eigenvalue weighted by Crippen LogP contribution is -2.25. The Kier molecular flexibility index (Phi) is 6.57. The minimum atomic E-state index is -4.87. The molecular formula is C6H9ClF3NO2. The molecule has 7 heteroatoms. The van der Waals surface area contributed by atoms with E-state index in [0.29, 0.717) is 0 Å². The summed E-state index contributed by atoms with van der Waals surface area (Å²) in [7, 11) is 0. The average Bonchev–Trinajstić information content (AvgIpc) is 1.85. The van der Waals surface area contributed by atoms with Gasteiger partial charge in [0.05, 0.1) is 13.0 Å². The van der Waals surface area contributed by atoms with E-state index in [1.165, 1.54) is 6.92 Å². The Bertz CT molecular complexity index is 193. The van der Waals surface area contributed by atoms with E-state index in [1.54, 1.807) is 0 Å². The predicted molar refractivity (Wildman–Crippen MR) is 42.3 cm³/mol. The van der Waals surface area contributed by atoms with Gasteiger partial charge in [0.2, 0.25) is 5.78 Å². The van der Waals surface area contributed by atoms with Crippen LogP contribution < -0.4 is 0 Å². The molecule has 13 heavy (non-hydrogen) atoms. The maximum Gasteiger partial charge on any atom is 0.450 e. The van der Waals surface area contributed by atoms with Crippen LogP contribution in [0.3, 0.4) is 0 Å². The summed E-state index contributed by atoms with van der Waals surface area (Å²) >= 11 is 0. The fourth-order valence-electron chi connectivity index (χ4n) is 0.471. The summed E-state index contributed by atoms with van der Waals surface area (Å²) < 4.78 is 39.0. The van der Waals surface area contributed by atoms with Crippen LogP contribution in [0.5, 0.6) is 0 Å². The zero-order chi connectivity index (χ0) is 9.78. The molecule has 0 aliphatic rings. The van der Waals surface area contributed by atoms with Crippen LogP contribution >= 0.6 is 12.4 Å². The largest absolute Gasteiger partial charge is 0.481 e. The van der Waals surface area contributed by atoms with Crippen LogP contribution in [0.4, 0.5) is 13.2 Å². The standard InChI is InChI=1S/C6H8F3NO2.ClH/c1-2-12-5(10)3-4(11)6(7,8)9;/h10H,2-3H2,1H3;1H. The summed E-state index contributed by atoms with van der Waals surface area (Å²) in [6.45, 7) is 1.61. The van der Waals surface area contributed by atoms with E-state index in [-0.39, 0.29) is 19.0 Å². The molecule has 0 radical (unpaired) electrons. The first kappa shape index (κ1) is 14.7. The van der Waals surface area contributed by atoms with E-state index in [4.69, 9.17) is 5.41 Å². The van der Waals surface area contributed by atoms with Gasteiger partial charge in [-0.3, -0.25) is 10.2 Å². The van der Waals surface area contributed by atoms with Gasteiger partial charge in [-0.1, -0.05) is 0 Å². The van der Waals surface area contributed by atoms with Gasteiger partial charge in [0.25, 0.3) is 0 Å². The number of rotatable bonds is 3. The Morgan fingerprint density at radius 1 is 1.46 bits per heavy atom. The fourth-order valence-corrected chi connectivity index (χ4v) is 0.471. The maximum absolute atomic E-state index is 11.5. The number of Topliss-reactive ketones (excluding diaryl/α,β-unsaturated/α-hetero) is 1. The number of alkyl halides is 3. The number of hydrogen-bond acceptors (Lipinski definition) is 3. The first-order valence-corrected chi connectivity index (χ1v) is 3.18. The first-order chi connectivity index (χ1) is 5.38. The number of carbonyl (C=O) groups excluding carboxylic acids is 1. The number of halogens is 4. The lowest BCUT2D eigenvalue weighted by Gasteiger charge is -2.05. The summed E-state index contributed by atoms with van der Waals surface area (Å²) in [5.74, 6) is -2.61. The van der Waals surface area contributed by atoms with Gasteiger partial charge in [0.1, 0.15) is 0 Å². The molecule has 0 aromatic heterocycles. The van der Waals surface area contributed by atoms with E-state index in [2.05, 4.69) is 4.74 Å². The third kappa shape index (κ3) is 6.39. The van der Waals surface area contributed by atoms with Crippen LogP contribution in [0.15, 0.2) is 0 Å². The Balaban J connectivity index is 0. The highest BCUT2D eigenvalue weighted by molar-refractivity contribution is 5.99. The molecule has 0 amide bonds. The summed E-state index contributed by atoms with van der Waals surface area (Å²) in [5, 5.41) is 6.76. The normalized spacial score (nSPS) is 10.2. The van der Waals surface area contributed by atoms with E-state index in [1.807, 2.05) is 0 Å². The molecule has 0 aromatic rings. The van der Waals surface area contributed by atoms with Gasteiger partial charge < -0.3 is 4.74 Å². The van der Waals surface area contributed by atoms with Gasteiger partial charge in [-0.25, -0.2) is 0 Å². The number of ketones is 1.